The number of rotatable bonds is 0. The van der Waals surface area contributed by atoms with Crippen molar-refractivity contribution >= 4 is 25.2 Å². The zero-order chi connectivity index (χ0) is 4.50. The van der Waals surface area contributed by atoms with Gasteiger partial charge in [0.05, 0.1) is 0 Å². The summed E-state index contributed by atoms with van der Waals surface area (Å²) in [6.45, 7) is 0. The molecule has 38 valence electrons. The van der Waals surface area contributed by atoms with Gasteiger partial charge in [0.25, 0.3) is 0 Å². The number of hydrogen-bond acceptors (Lipinski definition) is 4. The monoisotopic (exact) mass is 174 g/mol. The molecular weight excluding hydrogens is 174 g/mol. The van der Waals surface area contributed by atoms with E-state index in [1.165, 1.54) is 0 Å². The van der Waals surface area contributed by atoms with Crippen molar-refractivity contribution in [3.63, 3.8) is 0 Å². The molecule has 0 bridgehead atoms. The van der Waals surface area contributed by atoms with Crippen LogP contribution < -0.4 is 14.7 Å². The summed E-state index contributed by atoms with van der Waals surface area (Å²) in [5.41, 5.74) is 0. The summed E-state index contributed by atoms with van der Waals surface area (Å²) in [7, 11) is -5.39. The van der Waals surface area contributed by atoms with Gasteiger partial charge in [0, 0.05) is 17.4 Å². The SMILES string of the molecule is O=P([O-])([O-])[O-].[Al+3].[Cr]. The van der Waals surface area contributed by atoms with Gasteiger partial charge in [-0.25, -0.2) is 0 Å². The largest absolute Gasteiger partial charge is 3.00 e. The predicted molar refractivity (Wildman–Crippen MR) is 13.4 cm³/mol. The van der Waals surface area contributed by atoms with Gasteiger partial charge in [-0.3, -0.25) is 0 Å². The van der Waals surface area contributed by atoms with Crippen LogP contribution in [0.4, 0.5) is 0 Å². The van der Waals surface area contributed by atoms with Gasteiger partial charge in [-0.1, -0.05) is 0 Å². The molecular formula is AlCrO4P. The first-order valence-corrected chi connectivity index (χ1v) is 2.19. The smallest absolute Gasteiger partial charge is 0.822 e. The third-order valence-electron chi connectivity index (χ3n) is 0. The van der Waals surface area contributed by atoms with E-state index in [1.807, 2.05) is 0 Å². The van der Waals surface area contributed by atoms with E-state index < -0.39 is 7.82 Å². The van der Waals surface area contributed by atoms with Gasteiger partial charge < -0.3 is 19.2 Å². The Morgan fingerprint density at radius 2 is 1.14 bits per heavy atom. The van der Waals surface area contributed by atoms with Crippen molar-refractivity contribution in [2.75, 3.05) is 0 Å². The minimum Gasteiger partial charge on any atom is -0.822 e. The third kappa shape index (κ3) is 139. The fraction of sp³-hybridized carbons (Fsp3) is 0. The van der Waals surface area contributed by atoms with Crippen molar-refractivity contribution in [1.29, 1.82) is 0 Å². The topological polar surface area (TPSA) is 86.2 Å². The van der Waals surface area contributed by atoms with Crippen LogP contribution in [0.3, 0.4) is 0 Å². The Balaban J connectivity index is -0.0000000800. The molecule has 0 aromatic carbocycles. The molecule has 0 aliphatic rings. The van der Waals surface area contributed by atoms with Gasteiger partial charge in [0.15, 0.2) is 0 Å². The van der Waals surface area contributed by atoms with Crippen molar-refractivity contribution in [1.82, 2.24) is 0 Å². The Labute approximate surface area is 62.1 Å². The fourth-order valence-corrected chi connectivity index (χ4v) is 0. The van der Waals surface area contributed by atoms with Crippen LogP contribution in [0.2, 0.25) is 0 Å². The first kappa shape index (κ1) is 15.7. The van der Waals surface area contributed by atoms with Crippen LogP contribution in [-0.2, 0) is 21.9 Å². The van der Waals surface area contributed by atoms with Gasteiger partial charge in [-0.15, -0.1) is 0 Å². The molecule has 0 aliphatic carbocycles. The predicted octanol–water partition coefficient (Wildman–Crippen LogP) is -3.21. The molecule has 0 N–H and O–H groups in total. The second-order valence-electron chi connectivity index (χ2n) is 0.447. The molecule has 0 aromatic heterocycles. The molecule has 0 spiro atoms. The Morgan fingerprint density at radius 1 is 1.14 bits per heavy atom. The van der Waals surface area contributed by atoms with Crippen molar-refractivity contribution in [3.8, 4) is 0 Å². The van der Waals surface area contributed by atoms with Crippen LogP contribution in [0, 0.1) is 0 Å². The second kappa shape index (κ2) is 5.31. The van der Waals surface area contributed by atoms with Gasteiger partial charge in [-0.05, 0) is 0 Å². The standard InChI is InChI=1S/Al.Cr.H3O4P/c;;1-5(2,3)4/h;;(H3,1,2,3,4)/q+3;;/p-3. The van der Waals surface area contributed by atoms with E-state index >= 15 is 0 Å². The van der Waals surface area contributed by atoms with Crippen LogP contribution in [0.25, 0.3) is 0 Å². The molecule has 0 amide bonds. The molecule has 0 saturated carbocycles. The van der Waals surface area contributed by atoms with Crippen LogP contribution in [0.1, 0.15) is 0 Å². The van der Waals surface area contributed by atoms with E-state index in [4.69, 9.17) is 19.2 Å². The zero-order valence-electron chi connectivity index (χ0n) is 3.07. The number of phosphoric acid groups is 1. The van der Waals surface area contributed by atoms with Crippen LogP contribution in [-0.4, -0.2) is 17.4 Å². The summed E-state index contributed by atoms with van der Waals surface area (Å²) in [6, 6.07) is 0. The average Bonchev–Trinajstić information content (AvgIpc) is 0.722. The molecule has 7 heteroatoms. The first-order valence-electron chi connectivity index (χ1n) is 0.730. The normalized spacial score (nSPS) is 8.43. The molecule has 0 aliphatic heterocycles. The Kier molecular flexibility index (Phi) is 11.9. The third-order valence-corrected chi connectivity index (χ3v) is 0. The van der Waals surface area contributed by atoms with E-state index in [1.54, 1.807) is 0 Å². The van der Waals surface area contributed by atoms with E-state index in [9.17, 15) is 0 Å². The summed E-state index contributed by atoms with van der Waals surface area (Å²) in [5.74, 6) is 0. The maximum Gasteiger partial charge on any atom is 3.00 e. The minimum absolute atomic E-state index is 0. The molecule has 0 saturated heterocycles. The molecule has 0 aromatic rings. The van der Waals surface area contributed by atoms with Crippen LogP contribution >= 0.6 is 7.82 Å². The zero-order valence-corrected chi connectivity index (χ0v) is 6.39. The first-order chi connectivity index (χ1) is 2.00. The van der Waals surface area contributed by atoms with Crippen molar-refractivity contribution in [3.05, 3.63) is 0 Å². The van der Waals surface area contributed by atoms with Crippen molar-refractivity contribution in [2.24, 2.45) is 0 Å². The fourth-order valence-electron chi connectivity index (χ4n) is 0. The molecule has 0 unspecified atom stereocenters. The Morgan fingerprint density at radius 3 is 1.14 bits per heavy atom. The van der Waals surface area contributed by atoms with Gasteiger partial charge in [-0.2, -0.15) is 7.82 Å². The van der Waals surface area contributed by atoms with Gasteiger partial charge >= 0.3 is 17.4 Å². The molecule has 0 rings (SSSR count). The quantitative estimate of drug-likeness (QED) is 0.285. The van der Waals surface area contributed by atoms with E-state index in [0.29, 0.717) is 0 Å². The molecule has 0 heterocycles. The van der Waals surface area contributed by atoms with E-state index in [2.05, 4.69) is 0 Å². The molecule has 0 fully saturated rings. The molecule has 4 nitrogen and oxygen atoms in total. The van der Waals surface area contributed by atoms with E-state index in [-0.39, 0.29) is 34.7 Å². The molecule has 0 atom stereocenters. The van der Waals surface area contributed by atoms with Crippen molar-refractivity contribution < 1.29 is 36.6 Å². The summed E-state index contributed by atoms with van der Waals surface area (Å²) < 4.78 is 8.55. The Hall–Kier alpha value is 1.17. The summed E-state index contributed by atoms with van der Waals surface area (Å²) in [6.07, 6.45) is 0. The van der Waals surface area contributed by atoms with Crippen LogP contribution in [0.5, 0.6) is 0 Å². The molecule has 0 radical (unpaired) electrons. The Bertz CT molecular complexity index is 57.8. The van der Waals surface area contributed by atoms with Gasteiger partial charge in [0.1, 0.15) is 0 Å². The maximum atomic E-state index is 8.55. The van der Waals surface area contributed by atoms with Crippen LogP contribution in [0.15, 0.2) is 0 Å². The average molecular weight is 174 g/mol. The molecule has 7 heavy (non-hydrogen) atoms. The van der Waals surface area contributed by atoms with E-state index in [0.717, 1.165) is 0 Å². The van der Waals surface area contributed by atoms with Crippen molar-refractivity contribution in [2.45, 2.75) is 0 Å². The van der Waals surface area contributed by atoms with Gasteiger partial charge in [0.2, 0.25) is 0 Å². The summed E-state index contributed by atoms with van der Waals surface area (Å²) >= 11 is 0. The maximum absolute atomic E-state index is 8.55. The second-order valence-corrected chi connectivity index (χ2v) is 1.34. The minimum atomic E-state index is -5.39. The number of hydrogen-bond donors (Lipinski definition) is 0. The summed E-state index contributed by atoms with van der Waals surface area (Å²) in [5, 5.41) is 0. The summed E-state index contributed by atoms with van der Waals surface area (Å²) in [4.78, 5) is 25.6.